The maximum Gasteiger partial charge on any atom is 0.415 e. The van der Waals surface area contributed by atoms with Crippen molar-refractivity contribution in [3.63, 3.8) is 0 Å². The number of likely N-dealkylation sites (N-methyl/N-ethyl adjacent to an activating group) is 2. The molecule has 1 unspecified atom stereocenters. The Morgan fingerprint density at radius 2 is 1.84 bits per heavy atom. The number of alkyl carbamates (subject to hydrolysis) is 1. The highest BCUT2D eigenvalue weighted by Crippen LogP contribution is 2.63. The lowest BCUT2D eigenvalue weighted by Gasteiger charge is -2.57. The number of hydrogen-bond acceptors (Lipinski definition) is 12. The van der Waals surface area contributed by atoms with Gasteiger partial charge in [-0.15, -0.1) is 0 Å². The second-order valence-corrected chi connectivity index (χ2v) is 21.0. The molecule has 1 saturated heterocycles. The average molecular weight is 894 g/mol. The number of likely N-dealkylation sites (tertiary alicyclic amines) is 1. The number of benzene rings is 2. The van der Waals surface area contributed by atoms with Gasteiger partial charge in [0, 0.05) is 62.1 Å². The van der Waals surface area contributed by atoms with E-state index in [2.05, 4.69) is 32.3 Å². The van der Waals surface area contributed by atoms with Crippen LogP contribution in [0.2, 0.25) is 0 Å². The van der Waals surface area contributed by atoms with Gasteiger partial charge in [0.05, 0.1) is 4.90 Å². The first-order valence-corrected chi connectivity index (χ1v) is 23.3. The van der Waals surface area contributed by atoms with E-state index in [9.17, 15) is 27.6 Å². The summed E-state index contributed by atoms with van der Waals surface area (Å²) in [5, 5.41) is 5.39. The number of hydrogen-bond donors (Lipinski definition) is 4. The van der Waals surface area contributed by atoms with Crippen LogP contribution in [0.5, 0.6) is 17.2 Å². The summed E-state index contributed by atoms with van der Waals surface area (Å²) < 4.78 is 53.6. The van der Waals surface area contributed by atoms with Gasteiger partial charge in [0.25, 0.3) is 10.0 Å². The van der Waals surface area contributed by atoms with Crippen molar-refractivity contribution < 1.29 is 46.5 Å². The van der Waals surface area contributed by atoms with E-state index in [1.807, 2.05) is 26.8 Å². The highest BCUT2D eigenvalue weighted by atomic mass is 32.2. The number of aliphatic imine (C=N–C) groups is 1. The van der Waals surface area contributed by atoms with E-state index < -0.39 is 56.9 Å². The molecule has 1 spiro atoms. The van der Waals surface area contributed by atoms with E-state index >= 15 is 0 Å². The summed E-state index contributed by atoms with van der Waals surface area (Å²) in [6.07, 6.45) is 1.79. The van der Waals surface area contributed by atoms with Crippen LogP contribution >= 0.6 is 0 Å². The number of nitrogens with one attached hydrogen (secondary N) is 3. The van der Waals surface area contributed by atoms with Crippen molar-refractivity contribution in [2.24, 2.45) is 16.6 Å². The number of ketones is 1. The Labute approximate surface area is 370 Å². The molecule has 2 aliphatic carbocycles. The van der Waals surface area contributed by atoms with Crippen molar-refractivity contribution >= 4 is 39.9 Å². The Morgan fingerprint density at radius 3 is 2.56 bits per heavy atom. The summed E-state index contributed by atoms with van der Waals surface area (Å²) in [6.45, 7) is 15.3. The summed E-state index contributed by atoms with van der Waals surface area (Å²) in [4.78, 5) is 61.1. The molecule has 5 aliphatic rings. The zero-order chi connectivity index (χ0) is 46.0. The summed E-state index contributed by atoms with van der Waals surface area (Å²) in [6, 6.07) is 3.00. The average Bonchev–Trinajstić information content (AvgIpc) is 3.72. The molecule has 18 heteroatoms. The maximum atomic E-state index is 13.6. The highest BCUT2D eigenvalue weighted by molar-refractivity contribution is 7.90. The molecular weight excluding hydrogens is 831 g/mol. The molecule has 5 N–H and O–H groups in total. The number of sulfonamides is 1. The Hall–Kier alpha value is -5.10. The van der Waals surface area contributed by atoms with Crippen LogP contribution < -0.4 is 35.3 Å². The molecule has 344 valence electrons. The van der Waals surface area contributed by atoms with Gasteiger partial charge in [-0.2, -0.15) is 0 Å². The highest BCUT2D eigenvalue weighted by Gasteiger charge is 2.65. The van der Waals surface area contributed by atoms with E-state index in [0.29, 0.717) is 41.5 Å². The Bertz CT molecular complexity index is 2360. The molecule has 5 atom stereocenters. The smallest absolute Gasteiger partial charge is 0.415 e. The quantitative estimate of drug-likeness (QED) is 0.135. The number of ether oxygens (including phenoxy) is 4. The lowest BCUT2D eigenvalue weighted by atomic mass is 9.52. The first kappa shape index (κ1) is 45.9. The van der Waals surface area contributed by atoms with Crippen LogP contribution in [0, 0.1) is 26.7 Å². The number of nitrogens with two attached hydrogens (primary N) is 1. The van der Waals surface area contributed by atoms with E-state index in [0.717, 1.165) is 48.1 Å². The van der Waals surface area contributed by atoms with Crippen molar-refractivity contribution in [2.45, 2.75) is 140 Å². The summed E-state index contributed by atoms with van der Waals surface area (Å²) >= 11 is 0. The van der Waals surface area contributed by atoms with E-state index in [-0.39, 0.29) is 60.8 Å². The lowest BCUT2D eigenvalue weighted by Crippen LogP contribution is -2.65. The summed E-state index contributed by atoms with van der Waals surface area (Å²) in [7, 11) is -0.422. The molecule has 3 aliphatic heterocycles. The van der Waals surface area contributed by atoms with Crippen molar-refractivity contribution in [3.8, 4) is 17.2 Å². The number of carbonyl (C=O) groups is 4. The van der Waals surface area contributed by atoms with Crippen LogP contribution in [0.3, 0.4) is 0 Å². The number of amides is 3. The van der Waals surface area contributed by atoms with Crippen molar-refractivity contribution in [1.29, 1.82) is 0 Å². The molecule has 2 aromatic carbocycles. The van der Waals surface area contributed by atoms with Crippen LogP contribution in [0.25, 0.3) is 0 Å². The lowest BCUT2D eigenvalue weighted by molar-refractivity contribution is -0.138. The van der Waals surface area contributed by atoms with E-state index in [1.54, 1.807) is 47.7 Å². The molecule has 1 saturated carbocycles. The maximum absolute atomic E-state index is 13.6. The van der Waals surface area contributed by atoms with Crippen molar-refractivity contribution in [2.75, 3.05) is 40.3 Å². The molecule has 2 bridgehead atoms. The minimum absolute atomic E-state index is 0.0260. The fourth-order valence-corrected chi connectivity index (χ4v) is 11.9. The van der Waals surface area contributed by atoms with Gasteiger partial charge in [0.1, 0.15) is 23.0 Å². The Kier molecular flexibility index (Phi) is 12.2. The van der Waals surface area contributed by atoms with Crippen LogP contribution in [0.1, 0.15) is 100 Å². The zero-order valence-electron chi connectivity index (χ0n) is 38.2. The zero-order valence-corrected chi connectivity index (χ0v) is 39.0. The molecule has 7 rings (SSSR count). The third-order valence-corrected chi connectivity index (χ3v) is 15.0. The first-order valence-electron chi connectivity index (χ1n) is 21.8. The topological polar surface area (TPSA) is 220 Å². The van der Waals surface area contributed by atoms with Crippen LogP contribution in [0.4, 0.5) is 9.59 Å². The van der Waals surface area contributed by atoms with Crippen molar-refractivity contribution in [1.82, 2.24) is 25.2 Å². The number of guanidine groups is 1. The number of fused-ring (bicyclic) bond motifs is 1. The van der Waals surface area contributed by atoms with E-state index in [4.69, 9.17) is 24.7 Å². The van der Waals surface area contributed by atoms with Gasteiger partial charge in [-0.3, -0.25) is 14.6 Å². The molecule has 0 aromatic heterocycles. The Morgan fingerprint density at radius 1 is 1.11 bits per heavy atom. The van der Waals surface area contributed by atoms with Crippen LogP contribution in [-0.4, -0.2) is 118 Å². The molecule has 3 amide bonds. The van der Waals surface area contributed by atoms with E-state index in [1.165, 1.54) is 4.90 Å². The fraction of sp³-hybridized carbons (Fsp3) is 0.622. The van der Waals surface area contributed by atoms with Gasteiger partial charge in [-0.25, -0.2) is 22.7 Å². The Balaban J connectivity index is 0.952. The predicted octanol–water partition coefficient (Wildman–Crippen LogP) is 4.08. The van der Waals surface area contributed by atoms with Gasteiger partial charge in [0.2, 0.25) is 11.9 Å². The summed E-state index contributed by atoms with van der Waals surface area (Å²) in [5.41, 5.74) is 9.27. The third kappa shape index (κ3) is 8.76. The minimum atomic E-state index is -4.12. The number of nitrogens with zero attached hydrogens (tertiary/aromatic N) is 3. The molecule has 2 fully saturated rings. The standard InChI is InChI=1S/C45H63N7O10S/c1-24-25(2)37(26(3)28-23-44(7,8)61-35(24)28)63(57,58)50-40(46)48-18-11-12-30(49-41(55)62-43(4,5)6)39(54)47-19-21-52(10)42(56)59-33-16-13-27-22-31-29-14-15-32(53)38-45(29,17-20-51(31)9)34(27)36(33)60-38/h13,16,29-31,38H,11-12,14-15,17-23H2,1-10H3,(H,47,54)(H,49,55)(H3,46,48,50)/t29?,30-,31+,38-,45-/m0/s1. The number of carbonyl (C=O) groups excluding carboxylic acids is 4. The largest absolute Gasteiger partial charge is 0.487 e. The monoisotopic (exact) mass is 893 g/mol. The first-order chi connectivity index (χ1) is 29.4. The fourth-order valence-electron chi connectivity index (χ4n) is 10.4. The molecule has 3 heterocycles. The third-order valence-electron chi connectivity index (χ3n) is 13.4. The second kappa shape index (κ2) is 16.8. The van der Waals surface area contributed by atoms with Gasteiger partial charge >= 0.3 is 12.2 Å². The van der Waals surface area contributed by atoms with Crippen LogP contribution in [-0.2, 0) is 42.6 Å². The van der Waals surface area contributed by atoms with Gasteiger partial charge in [0.15, 0.2) is 23.4 Å². The normalized spacial score (nSPS) is 23.7. The predicted molar refractivity (Wildman–Crippen MR) is 235 cm³/mol. The molecular formula is C45H63N7O10S. The number of Topliss-reactive ketones (excluding diaryl/α,β-unsaturated/α-hetero) is 1. The number of piperidine rings is 1. The van der Waals surface area contributed by atoms with Crippen LogP contribution in [0.15, 0.2) is 22.0 Å². The SMILES string of the molecule is Cc1c(C)c(S(=O)(=O)NC(N)=NCCC[C@H](NC(=O)OC(C)(C)C)C(=O)NCCN(C)C(=O)Oc2ccc3c4c2O[C@H]2C(=O)CCC5[C@@H](C3)N(C)CC[C@@]452)c(C)c2c1OC(C)(C)C2. The minimum Gasteiger partial charge on any atom is -0.487 e. The number of rotatable bonds is 12. The molecule has 2 aromatic rings. The molecule has 0 radical (unpaired) electrons. The molecule has 63 heavy (non-hydrogen) atoms. The van der Waals surface area contributed by atoms with Gasteiger partial charge in [-0.05, 0) is 135 Å². The molecule has 17 nitrogen and oxygen atoms in total. The van der Waals surface area contributed by atoms with Gasteiger partial charge in [-0.1, -0.05) is 6.07 Å². The van der Waals surface area contributed by atoms with Gasteiger partial charge < -0.3 is 45.1 Å². The van der Waals surface area contributed by atoms with Crippen molar-refractivity contribution in [3.05, 3.63) is 45.5 Å². The second-order valence-electron chi connectivity index (χ2n) is 19.4. The summed E-state index contributed by atoms with van der Waals surface area (Å²) in [5.74, 6) is 0.991.